The molecule has 6 heteroatoms. The van der Waals surface area contributed by atoms with Gasteiger partial charge >= 0.3 is 0 Å². The van der Waals surface area contributed by atoms with Gasteiger partial charge < -0.3 is 19.1 Å². The van der Waals surface area contributed by atoms with Crippen molar-refractivity contribution >= 4 is 5.91 Å². The van der Waals surface area contributed by atoms with E-state index in [2.05, 4.69) is 30.1 Å². The first-order valence-corrected chi connectivity index (χ1v) is 9.23. The average Bonchev–Trinajstić information content (AvgIpc) is 3.31. The molecule has 2 aliphatic rings. The third-order valence-electron chi connectivity index (χ3n) is 5.75. The van der Waals surface area contributed by atoms with Crippen LogP contribution in [-0.4, -0.2) is 60.2 Å². The summed E-state index contributed by atoms with van der Waals surface area (Å²) < 4.78 is 10.9. The number of benzene rings is 1. The van der Waals surface area contributed by atoms with Crippen LogP contribution in [0.25, 0.3) is 11.3 Å². The summed E-state index contributed by atoms with van der Waals surface area (Å²) in [5.74, 6) is 1.13. The van der Waals surface area contributed by atoms with Crippen molar-refractivity contribution in [2.75, 3.05) is 27.2 Å². The van der Waals surface area contributed by atoms with Gasteiger partial charge in [-0.15, -0.1) is 0 Å². The highest BCUT2D eigenvalue weighted by Crippen LogP contribution is 2.30. The summed E-state index contributed by atoms with van der Waals surface area (Å²) in [4.78, 5) is 17.0. The molecule has 1 saturated heterocycles. The van der Waals surface area contributed by atoms with E-state index in [9.17, 15) is 4.79 Å². The lowest BCUT2D eigenvalue weighted by atomic mass is 9.97. The molecule has 0 radical (unpaired) electrons. The maximum absolute atomic E-state index is 12.8. The van der Waals surface area contributed by atoms with E-state index >= 15 is 0 Å². The molecule has 0 saturated carbocycles. The number of amides is 1. The van der Waals surface area contributed by atoms with Crippen LogP contribution < -0.4 is 4.74 Å². The molecule has 6 nitrogen and oxygen atoms in total. The summed E-state index contributed by atoms with van der Waals surface area (Å²) in [6.45, 7) is 3.93. The maximum atomic E-state index is 12.8. The molecular weight excluding hydrogens is 330 g/mol. The molecule has 1 fully saturated rings. The number of likely N-dealkylation sites (tertiary alicyclic amines) is 1. The molecule has 2 unspecified atom stereocenters. The summed E-state index contributed by atoms with van der Waals surface area (Å²) >= 11 is 0. The van der Waals surface area contributed by atoms with Crippen molar-refractivity contribution < 1.29 is 14.1 Å². The standard InChI is InChI=1S/C20H25N3O3/c1-13-10-16(6-8-22(13)2)23(3)20(24)19-12-17(21-26-19)14-4-5-18-15(11-14)7-9-25-18/h4-5,11-13,16H,6-10H2,1-3H3. The van der Waals surface area contributed by atoms with Crippen LogP contribution in [0, 0.1) is 0 Å². The quantitative estimate of drug-likeness (QED) is 0.847. The Morgan fingerprint density at radius 2 is 2.19 bits per heavy atom. The van der Waals surface area contributed by atoms with Crippen molar-refractivity contribution in [3.05, 3.63) is 35.6 Å². The third-order valence-corrected chi connectivity index (χ3v) is 5.75. The maximum Gasteiger partial charge on any atom is 0.292 e. The van der Waals surface area contributed by atoms with Gasteiger partial charge in [0.1, 0.15) is 11.4 Å². The van der Waals surface area contributed by atoms with Gasteiger partial charge in [-0.05, 0) is 50.6 Å². The van der Waals surface area contributed by atoms with Crippen molar-refractivity contribution in [1.29, 1.82) is 0 Å². The van der Waals surface area contributed by atoms with Gasteiger partial charge in [-0.2, -0.15) is 0 Å². The Labute approximate surface area is 153 Å². The number of piperidine rings is 1. The lowest BCUT2D eigenvalue weighted by molar-refractivity contribution is 0.0561. The topological polar surface area (TPSA) is 58.8 Å². The molecule has 2 aromatic rings. The molecular formula is C20H25N3O3. The van der Waals surface area contributed by atoms with E-state index < -0.39 is 0 Å². The molecule has 1 aromatic carbocycles. The third kappa shape index (κ3) is 3.09. The molecule has 2 atom stereocenters. The van der Waals surface area contributed by atoms with Crippen LogP contribution >= 0.6 is 0 Å². The first-order chi connectivity index (χ1) is 12.5. The number of ether oxygens (including phenoxy) is 1. The second-order valence-corrected chi connectivity index (χ2v) is 7.42. The van der Waals surface area contributed by atoms with E-state index in [0.29, 0.717) is 17.5 Å². The number of carbonyl (C=O) groups is 1. The Morgan fingerprint density at radius 3 is 3.00 bits per heavy atom. The van der Waals surface area contributed by atoms with Gasteiger partial charge in [0.25, 0.3) is 5.91 Å². The second-order valence-electron chi connectivity index (χ2n) is 7.42. The monoisotopic (exact) mass is 355 g/mol. The van der Waals surface area contributed by atoms with E-state index in [-0.39, 0.29) is 11.9 Å². The predicted molar refractivity (Wildman–Crippen MR) is 98.3 cm³/mol. The molecule has 1 amide bonds. The minimum atomic E-state index is -0.102. The van der Waals surface area contributed by atoms with Crippen LogP contribution in [0.4, 0.5) is 0 Å². The lowest BCUT2D eigenvalue weighted by Crippen LogP contribution is -2.48. The van der Waals surface area contributed by atoms with Gasteiger partial charge in [-0.3, -0.25) is 4.79 Å². The van der Waals surface area contributed by atoms with Gasteiger partial charge in [-0.25, -0.2) is 0 Å². The highest BCUT2D eigenvalue weighted by atomic mass is 16.5. The number of carbonyl (C=O) groups excluding carboxylic acids is 1. The summed E-state index contributed by atoms with van der Waals surface area (Å²) in [5.41, 5.74) is 2.82. The number of hydrogen-bond donors (Lipinski definition) is 0. The van der Waals surface area contributed by atoms with Crippen molar-refractivity contribution in [3.63, 3.8) is 0 Å². The zero-order chi connectivity index (χ0) is 18.3. The van der Waals surface area contributed by atoms with Crippen molar-refractivity contribution in [3.8, 4) is 17.0 Å². The van der Waals surface area contributed by atoms with E-state index in [0.717, 1.165) is 43.7 Å². The van der Waals surface area contributed by atoms with E-state index in [1.807, 2.05) is 24.1 Å². The Balaban J connectivity index is 1.49. The van der Waals surface area contributed by atoms with Gasteiger partial charge in [-0.1, -0.05) is 5.16 Å². The van der Waals surface area contributed by atoms with Crippen LogP contribution in [0.1, 0.15) is 35.9 Å². The lowest BCUT2D eigenvalue weighted by Gasteiger charge is -2.39. The molecule has 138 valence electrons. The summed E-state index contributed by atoms with van der Waals surface area (Å²) in [7, 11) is 3.99. The first-order valence-electron chi connectivity index (χ1n) is 9.23. The number of fused-ring (bicyclic) bond motifs is 1. The largest absolute Gasteiger partial charge is 0.493 e. The van der Waals surface area contributed by atoms with E-state index in [4.69, 9.17) is 9.26 Å². The summed E-state index contributed by atoms with van der Waals surface area (Å²) in [6.07, 6.45) is 2.86. The van der Waals surface area contributed by atoms with E-state index in [1.54, 1.807) is 6.07 Å². The smallest absolute Gasteiger partial charge is 0.292 e. The number of aromatic nitrogens is 1. The minimum absolute atomic E-state index is 0.102. The van der Waals surface area contributed by atoms with Crippen LogP contribution in [0.5, 0.6) is 5.75 Å². The summed E-state index contributed by atoms with van der Waals surface area (Å²) in [6, 6.07) is 8.44. The van der Waals surface area contributed by atoms with Gasteiger partial charge in [0.15, 0.2) is 0 Å². The minimum Gasteiger partial charge on any atom is -0.493 e. The zero-order valence-electron chi connectivity index (χ0n) is 15.6. The molecule has 0 N–H and O–H groups in total. The fourth-order valence-electron chi connectivity index (χ4n) is 3.81. The van der Waals surface area contributed by atoms with Crippen molar-refractivity contribution in [2.24, 2.45) is 0 Å². The van der Waals surface area contributed by atoms with E-state index in [1.165, 1.54) is 5.56 Å². The zero-order valence-corrected chi connectivity index (χ0v) is 15.6. The van der Waals surface area contributed by atoms with Crippen LogP contribution in [0.2, 0.25) is 0 Å². The first kappa shape index (κ1) is 17.1. The van der Waals surface area contributed by atoms with Gasteiger partial charge in [0.2, 0.25) is 5.76 Å². The van der Waals surface area contributed by atoms with Crippen LogP contribution in [0.3, 0.4) is 0 Å². The van der Waals surface area contributed by atoms with Gasteiger partial charge in [0, 0.05) is 43.7 Å². The highest BCUT2D eigenvalue weighted by molar-refractivity contribution is 5.92. The predicted octanol–water partition coefficient (Wildman–Crippen LogP) is 2.83. The molecule has 26 heavy (non-hydrogen) atoms. The normalized spacial score (nSPS) is 22.7. The van der Waals surface area contributed by atoms with Crippen LogP contribution in [-0.2, 0) is 6.42 Å². The molecule has 2 aliphatic heterocycles. The Morgan fingerprint density at radius 1 is 1.35 bits per heavy atom. The Hall–Kier alpha value is -2.34. The number of nitrogens with zero attached hydrogens (tertiary/aromatic N) is 3. The number of hydrogen-bond acceptors (Lipinski definition) is 5. The molecule has 3 heterocycles. The fourth-order valence-corrected chi connectivity index (χ4v) is 3.81. The molecule has 0 aliphatic carbocycles. The van der Waals surface area contributed by atoms with Gasteiger partial charge in [0.05, 0.1) is 6.61 Å². The SMILES string of the molecule is CC1CC(N(C)C(=O)c2cc(-c3ccc4c(c3)CCO4)no2)CCN1C. The van der Waals surface area contributed by atoms with Crippen LogP contribution in [0.15, 0.2) is 28.8 Å². The second kappa shape index (κ2) is 6.76. The molecule has 0 spiro atoms. The number of rotatable bonds is 3. The van der Waals surface area contributed by atoms with Crippen molar-refractivity contribution in [1.82, 2.24) is 15.0 Å². The average molecular weight is 355 g/mol. The summed E-state index contributed by atoms with van der Waals surface area (Å²) in [5, 5.41) is 4.12. The molecule has 0 bridgehead atoms. The molecule has 4 rings (SSSR count). The fraction of sp³-hybridized carbons (Fsp3) is 0.500. The van der Waals surface area contributed by atoms with Crippen molar-refractivity contribution in [2.45, 2.75) is 38.3 Å². The molecule has 1 aromatic heterocycles. The Kier molecular flexibility index (Phi) is 4.44. The highest BCUT2D eigenvalue weighted by Gasteiger charge is 2.30. The Bertz CT molecular complexity index is 816.